The van der Waals surface area contributed by atoms with Crippen LogP contribution in [0.2, 0.25) is 0 Å². The molecule has 7 nitrogen and oxygen atoms in total. The summed E-state index contributed by atoms with van der Waals surface area (Å²) in [5.41, 5.74) is 2.88. The van der Waals surface area contributed by atoms with Crippen LogP contribution in [0.15, 0.2) is 65.6 Å². The van der Waals surface area contributed by atoms with Gasteiger partial charge in [-0.2, -0.15) is 0 Å². The fraction of sp³-hybridized carbons (Fsp3) is 0.370. The van der Waals surface area contributed by atoms with Gasteiger partial charge in [-0.05, 0) is 49.1 Å². The Bertz CT molecular complexity index is 1230. The molecule has 1 aliphatic heterocycles. The van der Waals surface area contributed by atoms with Crippen molar-refractivity contribution in [1.29, 1.82) is 0 Å². The summed E-state index contributed by atoms with van der Waals surface area (Å²) < 4.78 is 14.9. The third-order valence-corrected chi connectivity index (χ3v) is 6.64. The van der Waals surface area contributed by atoms with E-state index >= 15 is 0 Å². The number of carbonyl (C=O) groups excluding carboxylic acids is 1. The molecule has 2 aromatic carbocycles. The van der Waals surface area contributed by atoms with Crippen molar-refractivity contribution in [3.05, 3.63) is 93.8 Å². The average Bonchev–Trinajstić information content (AvgIpc) is 3.64. The zero-order valence-corrected chi connectivity index (χ0v) is 19.6. The number of amides is 1. The van der Waals surface area contributed by atoms with E-state index in [1.54, 1.807) is 9.47 Å². The molecule has 182 valence electrons. The summed E-state index contributed by atoms with van der Waals surface area (Å²) in [7, 11) is 0. The van der Waals surface area contributed by atoms with Crippen LogP contribution in [-0.4, -0.2) is 47.7 Å². The maximum Gasteiger partial charge on any atom is 0.293 e. The Labute approximate surface area is 204 Å². The molecule has 3 aromatic rings. The Morgan fingerprint density at radius 3 is 2.66 bits per heavy atom. The van der Waals surface area contributed by atoms with Gasteiger partial charge in [0.2, 0.25) is 5.91 Å². The molecular formula is C27H30FN5O2. The summed E-state index contributed by atoms with van der Waals surface area (Å²) in [6.07, 6.45) is 4.51. The number of aryl methyl sites for hydroxylation is 1. The van der Waals surface area contributed by atoms with Gasteiger partial charge in [-0.15, -0.1) is 0 Å². The molecular weight excluding hydrogens is 445 g/mol. The van der Waals surface area contributed by atoms with Crippen LogP contribution in [0.25, 0.3) is 0 Å². The van der Waals surface area contributed by atoms with Crippen LogP contribution in [0.3, 0.4) is 0 Å². The van der Waals surface area contributed by atoms with E-state index in [1.165, 1.54) is 17.7 Å². The van der Waals surface area contributed by atoms with Crippen molar-refractivity contribution in [2.24, 2.45) is 0 Å². The molecule has 0 unspecified atom stereocenters. The first-order valence-electron chi connectivity index (χ1n) is 12.2. The molecule has 2 N–H and O–H groups in total. The third-order valence-electron chi connectivity index (χ3n) is 6.64. The van der Waals surface area contributed by atoms with E-state index in [9.17, 15) is 14.0 Å². The number of halogens is 1. The highest BCUT2D eigenvalue weighted by atomic mass is 19.1. The summed E-state index contributed by atoms with van der Waals surface area (Å²) in [6.45, 7) is 2.51. The first kappa shape index (κ1) is 23.2. The Morgan fingerprint density at radius 1 is 1.09 bits per heavy atom. The molecule has 1 aromatic heterocycles. The number of hydrogen-bond donors (Lipinski definition) is 2. The topological polar surface area (TPSA) is 79.3 Å². The fourth-order valence-corrected chi connectivity index (χ4v) is 4.68. The zero-order chi connectivity index (χ0) is 24.2. The van der Waals surface area contributed by atoms with E-state index < -0.39 is 0 Å². The molecule has 0 spiro atoms. The minimum Gasteiger partial charge on any atom is -0.353 e. The minimum atomic E-state index is -0.204. The standard InChI is InChI=1S/C27H30FN5O2/c28-21-10-8-20(9-11-21)23-15-24(23)29-12-4-7-22-17-33(16-19-5-2-1-3-6-19)27(35)26(31-22)32-14-13-30-25(34)18-32/h1-3,5-6,8-11,17,23-24,29H,4,7,12-16,18H2,(H,30,34)/t23-,24+/m0/s1. The molecule has 1 aliphatic carbocycles. The van der Waals surface area contributed by atoms with Crippen LogP contribution in [-0.2, 0) is 17.8 Å². The predicted octanol–water partition coefficient (Wildman–Crippen LogP) is 2.45. The maximum atomic E-state index is 13.2. The van der Waals surface area contributed by atoms with E-state index in [4.69, 9.17) is 0 Å². The lowest BCUT2D eigenvalue weighted by Gasteiger charge is -2.27. The molecule has 2 fully saturated rings. The van der Waals surface area contributed by atoms with Gasteiger partial charge in [-0.3, -0.25) is 9.59 Å². The van der Waals surface area contributed by atoms with Gasteiger partial charge in [0.15, 0.2) is 5.82 Å². The van der Waals surface area contributed by atoms with E-state index in [2.05, 4.69) is 15.6 Å². The van der Waals surface area contributed by atoms with Crippen LogP contribution in [0.5, 0.6) is 0 Å². The molecule has 0 bridgehead atoms. The molecule has 2 atom stereocenters. The monoisotopic (exact) mass is 475 g/mol. The average molecular weight is 476 g/mol. The van der Waals surface area contributed by atoms with Crippen molar-refractivity contribution < 1.29 is 9.18 Å². The highest BCUT2D eigenvalue weighted by molar-refractivity contribution is 5.82. The Balaban J connectivity index is 1.24. The quantitative estimate of drug-likeness (QED) is 0.465. The van der Waals surface area contributed by atoms with Gasteiger partial charge in [0.05, 0.1) is 18.8 Å². The smallest absolute Gasteiger partial charge is 0.293 e. The normalized spacial score (nSPS) is 19.5. The lowest BCUT2D eigenvalue weighted by molar-refractivity contribution is -0.120. The molecule has 0 radical (unpaired) electrons. The SMILES string of the molecule is O=C1CN(c2nc(CCCN[C@@H]3C[C@H]3c3ccc(F)cc3)cn(Cc3ccccc3)c2=O)CCN1. The predicted molar refractivity (Wildman–Crippen MR) is 133 cm³/mol. The van der Waals surface area contributed by atoms with Crippen LogP contribution in [0.4, 0.5) is 10.2 Å². The van der Waals surface area contributed by atoms with E-state index in [-0.39, 0.29) is 23.8 Å². The number of hydrogen-bond acceptors (Lipinski definition) is 5. The lowest BCUT2D eigenvalue weighted by atomic mass is 10.1. The number of rotatable bonds is 9. The number of anilines is 1. The second-order valence-corrected chi connectivity index (χ2v) is 9.30. The molecule has 1 saturated carbocycles. The highest BCUT2D eigenvalue weighted by Crippen LogP contribution is 2.40. The number of carbonyl (C=O) groups is 1. The van der Waals surface area contributed by atoms with Gasteiger partial charge < -0.3 is 20.1 Å². The van der Waals surface area contributed by atoms with Crippen molar-refractivity contribution in [2.45, 2.75) is 37.8 Å². The summed E-state index contributed by atoms with van der Waals surface area (Å²) >= 11 is 0. The van der Waals surface area contributed by atoms with Gasteiger partial charge >= 0.3 is 0 Å². The van der Waals surface area contributed by atoms with Crippen molar-refractivity contribution >= 4 is 11.7 Å². The summed E-state index contributed by atoms with van der Waals surface area (Å²) in [5, 5.41) is 6.39. The number of piperazine rings is 1. The van der Waals surface area contributed by atoms with E-state index in [1.807, 2.05) is 48.7 Å². The molecule has 8 heteroatoms. The van der Waals surface area contributed by atoms with Crippen molar-refractivity contribution in [1.82, 2.24) is 20.2 Å². The lowest BCUT2D eigenvalue weighted by Crippen LogP contribution is -2.50. The number of nitrogens with zero attached hydrogens (tertiary/aromatic N) is 3. The van der Waals surface area contributed by atoms with Gasteiger partial charge in [-0.25, -0.2) is 9.37 Å². The Kier molecular flexibility index (Phi) is 6.90. The third kappa shape index (κ3) is 5.77. The Morgan fingerprint density at radius 2 is 1.89 bits per heavy atom. The van der Waals surface area contributed by atoms with Gasteiger partial charge in [0.25, 0.3) is 5.56 Å². The van der Waals surface area contributed by atoms with Crippen molar-refractivity contribution in [2.75, 3.05) is 31.1 Å². The molecule has 5 rings (SSSR count). The minimum absolute atomic E-state index is 0.0956. The molecule has 2 heterocycles. The highest BCUT2D eigenvalue weighted by Gasteiger charge is 2.37. The summed E-state index contributed by atoms with van der Waals surface area (Å²) in [6, 6.07) is 17.1. The summed E-state index contributed by atoms with van der Waals surface area (Å²) in [4.78, 5) is 31.6. The van der Waals surface area contributed by atoms with E-state index in [0.717, 1.165) is 37.1 Å². The van der Waals surface area contributed by atoms with Gasteiger partial charge in [0.1, 0.15) is 5.82 Å². The van der Waals surface area contributed by atoms with Crippen LogP contribution < -0.4 is 21.1 Å². The van der Waals surface area contributed by atoms with Crippen LogP contribution in [0.1, 0.15) is 35.6 Å². The van der Waals surface area contributed by atoms with Gasteiger partial charge in [-0.1, -0.05) is 42.5 Å². The molecule has 1 amide bonds. The fourth-order valence-electron chi connectivity index (χ4n) is 4.68. The van der Waals surface area contributed by atoms with Crippen LogP contribution >= 0.6 is 0 Å². The second kappa shape index (κ2) is 10.4. The number of benzene rings is 2. The second-order valence-electron chi connectivity index (χ2n) is 9.30. The number of aromatic nitrogens is 2. The zero-order valence-electron chi connectivity index (χ0n) is 19.6. The van der Waals surface area contributed by atoms with Crippen molar-refractivity contribution in [3.63, 3.8) is 0 Å². The number of nitrogens with one attached hydrogen (secondary N) is 2. The first-order valence-corrected chi connectivity index (χ1v) is 12.2. The van der Waals surface area contributed by atoms with Gasteiger partial charge in [0, 0.05) is 31.2 Å². The largest absolute Gasteiger partial charge is 0.353 e. The Hall–Kier alpha value is -3.52. The maximum absolute atomic E-state index is 13.2. The molecule has 2 aliphatic rings. The van der Waals surface area contributed by atoms with E-state index in [0.29, 0.717) is 37.4 Å². The molecule has 1 saturated heterocycles. The van der Waals surface area contributed by atoms with Crippen LogP contribution in [0, 0.1) is 5.82 Å². The summed E-state index contributed by atoms with van der Waals surface area (Å²) in [5.74, 6) is 0.490. The molecule has 35 heavy (non-hydrogen) atoms. The first-order chi connectivity index (χ1) is 17.1. The van der Waals surface area contributed by atoms with Crippen molar-refractivity contribution in [3.8, 4) is 0 Å².